The Labute approximate surface area is 168 Å². The van der Waals surface area contributed by atoms with E-state index < -0.39 is 5.60 Å². The average Bonchev–Trinajstić information content (AvgIpc) is 2.64. The molecule has 150 valence electrons. The van der Waals surface area contributed by atoms with Gasteiger partial charge in [-0.15, -0.1) is 0 Å². The van der Waals surface area contributed by atoms with Crippen LogP contribution in [0.1, 0.15) is 68.7 Å². The van der Waals surface area contributed by atoms with Crippen molar-refractivity contribution in [2.24, 2.45) is 5.92 Å². The third-order valence-corrected chi connectivity index (χ3v) is 7.55. The van der Waals surface area contributed by atoms with Crippen LogP contribution in [-0.4, -0.2) is 24.1 Å². The van der Waals surface area contributed by atoms with Gasteiger partial charge in [-0.3, -0.25) is 4.79 Å². The largest absolute Gasteiger partial charge is 0.496 e. The van der Waals surface area contributed by atoms with Gasteiger partial charge in [0.05, 0.1) is 12.7 Å². The third kappa shape index (κ3) is 2.62. The van der Waals surface area contributed by atoms with Crippen molar-refractivity contribution in [2.75, 3.05) is 7.11 Å². The molecule has 0 saturated carbocycles. The number of benzene rings is 2. The van der Waals surface area contributed by atoms with Crippen LogP contribution in [0.4, 0.5) is 0 Å². The van der Waals surface area contributed by atoms with E-state index in [0.717, 1.165) is 24.2 Å². The Balaban J connectivity index is 1.96. The Hall–Kier alpha value is -1.87. The summed E-state index contributed by atoms with van der Waals surface area (Å²) in [6, 6.07) is 6.58. The first kappa shape index (κ1) is 19.4. The van der Waals surface area contributed by atoms with Crippen LogP contribution in [-0.2, 0) is 16.0 Å². The smallest absolute Gasteiger partial charge is 0.165 e. The Bertz CT molecular complexity index is 972. The van der Waals surface area contributed by atoms with E-state index in [1.165, 1.54) is 27.5 Å². The molecule has 1 fully saturated rings. The number of hydrogen-bond acceptors (Lipinski definition) is 3. The molecule has 0 amide bonds. The van der Waals surface area contributed by atoms with Crippen molar-refractivity contribution in [3.63, 3.8) is 0 Å². The number of ether oxygens (including phenoxy) is 2. The number of rotatable bonds is 2. The zero-order valence-electron chi connectivity index (χ0n) is 18.2. The van der Waals surface area contributed by atoms with Crippen LogP contribution in [0.5, 0.6) is 5.75 Å². The first-order valence-electron chi connectivity index (χ1n) is 10.4. The molecule has 3 unspecified atom stereocenters. The second kappa shape index (κ2) is 6.32. The molecule has 0 spiro atoms. The fraction of sp³-hybridized carbons (Fsp3) is 0.560. The predicted octanol–water partition coefficient (Wildman–Crippen LogP) is 5.66. The SMILES string of the molecule is COc1cc2c3c(c(C)ccc3c1C)CCC2C1(C)OC(C)(C)C(C)CC1=O. The summed E-state index contributed by atoms with van der Waals surface area (Å²) in [5.41, 5.74) is 4.00. The van der Waals surface area contributed by atoms with Gasteiger partial charge < -0.3 is 9.47 Å². The van der Waals surface area contributed by atoms with Crippen molar-refractivity contribution in [3.05, 3.63) is 40.5 Å². The van der Waals surface area contributed by atoms with E-state index in [1.54, 1.807) is 7.11 Å². The Morgan fingerprint density at radius 1 is 1.18 bits per heavy atom. The van der Waals surface area contributed by atoms with Crippen molar-refractivity contribution < 1.29 is 14.3 Å². The average molecular weight is 381 g/mol. The lowest BCUT2D eigenvalue weighted by Gasteiger charge is -2.50. The number of carbonyl (C=O) groups excluding carboxylic acids is 1. The number of aryl methyl sites for hydroxylation is 3. The van der Waals surface area contributed by atoms with E-state index in [-0.39, 0.29) is 23.2 Å². The van der Waals surface area contributed by atoms with Gasteiger partial charge in [-0.1, -0.05) is 19.1 Å². The van der Waals surface area contributed by atoms with E-state index in [2.05, 4.69) is 52.8 Å². The first-order chi connectivity index (χ1) is 13.1. The Morgan fingerprint density at radius 2 is 1.89 bits per heavy atom. The molecular formula is C25H32O3. The summed E-state index contributed by atoms with van der Waals surface area (Å²) in [5.74, 6) is 1.38. The van der Waals surface area contributed by atoms with Crippen molar-refractivity contribution in [2.45, 2.75) is 77.9 Å². The molecule has 2 aromatic carbocycles. The van der Waals surface area contributed by atoms with Crippen LogP contribution < -0.4 is 4.74 Å². The molecule has 1 heterocycles. The van der Waals surface area contributed by atoms with Crippen LogP contribution in [0.25, 0.3) is 10.8 Å². The molecule has 2 aromatic rings. The van der Waals surface area contributed by atoms with Crippen LogP contribution in [0.15, 0.2) is 18.2 Å². The summed E-state index contributed by atoms with van der Waals surface area (Å²) in [7, 11) is 1.72. The minimum atomic E-state index is -0.801. The van der Waals surface area contributed by atoms with E-state index in [0.29, 0.717) is 6.42 Å². The second-order valence-corrected chi connectivity index (χ2v) is 9.51. The highest BCUT2D eigenvalue weighted by Gasteiger charge is 2.53. The monoisotopic (exact) mass is 380 g/mol. The zero-order valence-corrected chi connectivity index (χ0v) is 18.2. The molecule has 2 aliphatic rings. The molecule has 0 bridgehead atoms. The molecular weight excluding hydrogens is 348 g/mol. The molecule has 0 radical (unpaired) electrons. The highest BCUT2D eigenvalue weighted by Crippen LogP contribution is 2.51. The summed E-state index contributed by atoms with van der Waals surface area (Å²) < 4.78 is 12.3. The van der Waals surface area contributed by atoms with E-state index in [9.17, 15) is 4.79 Å². The lowest BCUT2D eigenvalue weighted by Crippen LogP contribution is -2.57. The van der Waals surface area contributed by atoms with Crippen LogP contribution in [0, 0.1) is 19.8 Å². The molecule has 0 aromatic heterocycles. The maximum absolute atomic E-state index is 13.3. The minimum absolute atomic E-state index is 0.0399. The van der Waals surface area contributed by atoms with Gasteiger partial charge in [0.1, 0.15) is 11.4 Å². The second-order valence-electron chi connectivity index (χ2n) is 9.51. The van der Waals surface area contributed by atoms with Gasteiger partial charge in [-0.25, -0.2) is 0 Å². The molecule has 1 saturated heterocycles. The summed E-state index contributed by atoms with van der Waals surface area (Å²) in [5, 5.41) is 2.54. The number of methoxy groups -OCH3 is 1. The maximum Gasteiger partial charge on any atom is 0.165 e. The van der Waals surface area contributed by atoms with E-state index in [1.807, 2.05) is 6.92 Å². The van der Waals surface area contributed by atoms with Crippen molar-refractivity contribution in [1.29, 1.82) is 0 Å². The molecule has 1 aliphatic heterocycles. The third-order valence-electron chi connectivity index (χ3n) is 7.55. The summed E-state index contributed by atoms with van der Waals surface area (Å²) in [6.07, 6.45) is 2.48. The van der Waals surface area contributed by atoms with Crippen molar-refractivity contribution in [3.8, 4) is 5.75 Å². The maximum atomic E-state index is 13.3. The molecule has 1 aliphatic carbocycles. The lowest BCUT2D eigenvalue weighted by atomic mass is 9.67. The Morgan fingerprint density at radius 3 is 2.57 bits per heavy atom. The molecule has 28 heavy (non-hydrogen) atoms. The van der Waals surface area contributed by atoms with Crippen molar-refractivity contribution >= 4 is 16.6 Å². The summed E-state index contributed by atoms with van der Waals surface area (Å²) in [4.78, 5) is 13.3. The number of hydrogen-bond donors (Lipinski definition) is 0. The van der Waals surface area contributed by atoms with E-state index >= 15 is 0 Å². The van der Waals surface area contributed by atoms with Crippen LogP contribution in [0.2, 0.25) is 0 Å². The van der Waals surface area contributed by atoms with Gasteiger partial charge in [-0.05, 0) is 92.5 Å². The predicted molar refractivity (Wildman–Crippen MR) is 113 cm³/mol. The quantitative estimate of drug-likeness (QED) is 0.674. The van der Waals surface area contributed by atoms with Gasteiger partial charge in [0.25, 0.3) is 0 Å². The van der Waals surface area contributed by atoms with Crippen LogP contribution in [0.3, 0.4) is 0 Å². The summed E-state index contributed by atoms with van der Waals surface area (Å²) >= 11 is 0. The standard InChI is InChI=1S/C25H32O3/c1-14-8-9-18-16(3)21(27-7)13-19-20(11-10-17(14)23(18)19)25(6)22(26)12-15(2)24(4,5)28-25/h8-9,13,15,20H,10-12H2,1-7H3. The number of Topliss-reactive ketones (excluding diaryl/α,β-unsaturated/α-hetero) is 1. The molecule has 3 heteroatoms. The van der Waals surface area contributed by atoms with Crippen molar-refractivity contribution in [1.82, 2.24) is 0 Å². The van der Waals surface area contributed by atoms with E-state index in [4.69, 9.17) is 9.47 Å². The fourth-order valence-electron chi connectivity index (χ4n) is 5.37. The van der Waals surface area contributed by atoms with Gasteiger partial charge in [0, 0.05) is 12.3 Å². The molecule has 0 N–H and O–H groups in total. The number of ketones is 1. The number of carbonyl (C=O) groups is 1. The van der Waals surface area contributed by atoms with Gasteiger partial charge in [0.15, 0.2) is 5.78 Å². The molecule has 3 atom stereocenters. The highest BCUT2D eigenvalue weighted by atomic mass is 16.5. The topological polar surface area (TPSA) is 35.5 Å². The first-order valence-corrected chi connectivity index (χ1v) is 10.4. The molecule has 4 rings (SSSR count). The Kier molecular flexibility index (Phi) is 4.39. The van der Waals surface area contributed by atoms with Gasteiger partial charge in [0.2, 0.25) is 0 Å². The summed E-state index contributed by atoms with van der Waals surface area (Å²) in [6.45, 7) is 12.7. The van der Waals surface area contributed by atoms with Gasteiger partial charge in [-0.2, -0.15) is 0 Å². The fourth-order valence-corrected chi connectivity index (χ4v) is 5.37. The normalized spacial score (nSPS) is 29.2. The van der Waals surface area contributed by atoms with Gasteiger partial charge >= 0.3 is 0 Å². The van der Waals surface area contributed by atoms with Crippen LogP contribution >= 0.6 is 0 Å². The molecule has 3 nitrogen and oxygen atoms in total. The zero-order chi connectivity index (χ0) is 20.4. The minimum Gasteiger partial charge on any atom is -0.496 e. The lowest BCUT2D eigenvalue weighted by molar-refractivity contribution is -0.200. The highest BCUT2D eigenvalue weighted by molar-refractivity contribution is 5.97.